The standard InChI is InChI=1S/C23H19Cl3FN3O2S/c1-14-2-8-18(27)11-23(14)33(31,32)28-13-19-12-22(15-3-5-16(24)6-4-15)30(29-19)21-9-7-17(25)10-20(21)26/h2-11,22,28H,12-13H2,1H3. The third kappa shape index (κ3) is 5.34. The molecule has 3 aromatic rings. The number of hydrogen-bond acceptors (Lipinski definition) is 4. The number of aryl methyl sites for hydroxylation is 1. The number of hydrazone groups is 1. The van der Waals surface area contributed by atoms with Gasteiger partial charge in [-0.05, 0) is 60.5 Å². The van der Waals surface area contributed by atoms with Crippen LogP contribution in [0.25, 0.3) is 0 Å². The topological polar surface area (TPSA) is 61.8 Å². The molecule has 0 saturated heterocycles. The summed E-state index contributed by atoms with van der Waals surface area (Å²) >= 11 is 18.5. The number of halogens is 4. The van der Waals surface area contributed by atoms with Gasteiger partial charge >= 0.3 is 0 Å². The molecule has 0 aromatic heterocycles. The van der Waals surface area contributed by atoms with Crippen LogP contribution in [0.15, 0.2) is 70.7 Å². The van der Waals surface area contributed by atoms with E-state index in [4.69, 9.17) is 34.8 Å². The van der Waals surface area contributed by atoms with Crippen molar-refractivity contribution >= 4 is 56.2 Å². The van der Waals surface area contributed by atoms with E-state index in [0.717, 1.165) is 11.6 Å². The van der Waals surface area contributed by atoms with Crippen molar-refractivity contribution in [3.8, 4) is 0 Å². The molecule has 172 valence electrons. The Hall–Kier alpha value is -2.16. The molecule has 0 radical (unpaired) electrons. The monoisotopic (exact) mass is 525 g/mol. The van der Waals surface area contributed by atoms with Crippen molar-refractivity contribution in [1.29, 1.82) is 0 Å². The highest BCUT2D eigenvalue weighted by atomic mass is 35.5. The number of benzene rings is 3. The second kappa shape index (κ2) is 9.60. The third-order valence-corrected chi connectivity index (χ3v) is 7.62. The van der Waals surface area contributed by atoms with Crippen LogP contribution in [0.2, 0.25) is 15.1 Å². The summed E-state index contributed by atoms with van der Waals surface area (Å²) in [5, 5.41) is 7.92. The normalized spacial score (nSPS) is 16.2. The highest BCUT2D eigenvalue weighted by Crippen LogP contribution is 2.39. The van der Waals surface area contributed by atoms with E-state index in [1.807, 2.05) is 12.1 Å². The summed E-state index contributed by atoms with van der Waals surface area (Å²) in [6.45, 7) is 1.58. The van der Waals surface area contributed by atoms with Crippen molar-refractivity contribution in [2.75, 3.05) is 11.6 Å². The molecule has 0 spiro atoms. The van der Waals surface area contributed by atoms with Crippen LogP contribution in [-0.4, -0.2) is 20.7 Å². The fraction of sp³-hybridized carbons (Fsp3) is 0.174. The molecule has 0 saturated carbocycles. The van der Waals surface area contributed by atoms with Gasteiger partial charge in [-0.3, -0.25) is 5.01 Å². The quantitative estimate of drug-likeness (QED) is 0.405. The molecule has 1 heterocycles. The van der Waals surface area contributed by atoms with Gasteiger partial charge in [-0.2, -0.15) is 5.10 Å². The highest BCUT2D eigenvalue weighted by Gasteiger charge is 2.31. The van der Waals surface area contributed by atoms with Crippen molar-refractivity contribution in [2.45, 2.75) is 24.3 Å². The SMILES string of the molecule is Cc1ccc(F)cc1S(=O)(=O)NCC1=NN(c2ccc(Cl)cc2Cl)C(c2ccc(Cl)cc2)C1. The van der Waals surface area contributed by atoms with Gasteiger partial charge in [0.1, 0.15) is 5.82 Å². The maximum atomic E-state index is 13.6. The number of hydrogen-bond donors (Lipinski definition) is 1. The molecule has 4 rings (SSSR count). The minimum atomic E-state index is -3.93. The lowest BCUT2D eigenvalue weighted by Crippen LogP contribution is -2.29. The molecule has 1 atom stereocenters. The van der Waals surface area contributed by atoms with Gasteiger partial charge < -0.3 is 0 Å². The van der Waals surface area contributed by atoms with Gasteiger partial charge in [-0.1, -0.05) is 53.0 Å². The van der Waals surface area contributed by atoms with Crippen LogP contribution in [0.4, 0.5) is 10.1 Å². The molecule has 10 heteroatoms. The van der Waals surface area contributed by atoms with E-state index in [0.29, 0.717) is 38.5 Å². The smallest absolute Gasteiger partial charge is 0.241 e. The molecule has 5 nitrogen and oxygen atoms in total. The van der Waals surface area contributed by atoms with Crippen molar-refractivity contribution in [1.82, 2.24) is 4.72 Å². The molecule has 1 aliphatic rings. The zero-order chi connectivity index (χ0) is 23.8. The molecule has 1 N–H and O–H groups in total. The van der Waals surface area contributed by atoms with E-state index in [-0.39, 0.29) is 17.5 Å². The van der Waals surface area contributed by atoms with E-state index in [1.165, 1.54) is 12.1 Å². The fourth-order valence-corrected chi connectivity index (χ4v) is 5.53. The lowest BCUT2D eigenvalue weighted by atomic mass is 10.0. The predicted octanol–water partition coefficient (Wildman–Crippen LogP) is 6.38. The molecule has 0 fully saturated rings. The largest absolute Gasteiger partial charge is 0.256 e. The van der Waals surface area contributed by atoms with Crippen molar-refractivity contribution in [3.63, 3.8) is 0 Å². The van der Waals surface area contributed by atoms with Crippen LogP contribution in [0.1, 0.15) is 23.6 Å². The van der Waals surface area contributed by atoms with Crippen LogP contribution in [0.3, 0.4) is 0 Å². The average molecular weight is 527 g/mol. The molecular formula is C23H19Cl3FN3O2S. The Morgan fingerprint density at radius 2 is 1.73 bits per heavy atom. The molecule has 0 aliphatic carbocycles. The second-order valence-electron chi connectivity index (χ2n) is 7.61. The van der Waals surface area contributed by atoms with Gasteiger partial charge in [0.05, 0.1) is 33.9 Å². The first-order valence-electron chi connectivity index (χ1n) is 9.96. The van der Waals surface area contributed by atoms with Crippen LogP contribution >= 0.6 is 34.8 Å². The number of sulfonamides is 1. The van der Waals surface area contributed by atoms with Crippen molar-refractivity contribution in [2.24, 2.45) is 5.10 Å². The number of rotatable bonds is 6. The Morgan fingerprint density at radius 1 is 1.03 bits per heavy atom. The Morgan fingerprint density at radius 3 is 2.42 bits per heavy atom. The molecular weight excluding hydrogens is 508 g/mol. The summed E-state index contributed by atoms with van der Waals surface area (Å²) < 4.78 is 41.8. The summed E-state index contributed by atoms with van der Waals surface area (Å²) in [5.74, 6) is -0.620. The van der Waals surface area contributed by atoms with Crippen molar-refractivity contribution in [3.05, 3.63) is 92.7 Å². The van der Waals surface area contributed by atoms with Crippen LogP contribution < -0.4 is 9.73 Å². The van der Waals surface area contributed by atoms with Gasteiger partial charge in [-0.25, -0.2) is 17.5 Å². The zero-order valence-electron chi connectivity index (χ0n) is 17.4. The molecule has 3 aromatic carbocycles. The first-order valence-corrected chi connectivity index (χ1v) is 12.6. The number of anilines is 1. The molecule has 1 unspecified atom stereocenters. The van der Waals surface area contributed by atoms with Crippen LogP contribution in [0, 0.1) is 12.7 Å². The van der Waals surface area contributed by atoms with E-state index >= 15 is 0 Å². The summed E-state index contributed by atoms with van der Waals surface area (Å²) in [7, 11) is -3.93. The lowest BCUT2D eigenvalue weighted by molar-refractivity contribution is 0.581. The van der Waals surface area contributed by atoms with Gasteiger partial charge in [-0.15, -0.1) is 0 Å². The first-order chi connectivity index (χ1) is 15.6. The minimum absolute atomic E-state index is 0.0376. The molecule has 33 heavy (non-hydrogen) atoms. The predicted molar refractivity (Wildman–Crippen MR) is 132 cm³/mol. The van der Waals surface area contributed by atoms with E-state index < -0.39 is 15.8 Å². The Labute approximate surface area is 206 Å². The maximum Gasteiger partial charge on any atom is 0.241 e. The number of nitrogens with one attached hydrogen (secondary N) is 1. The molecule has 1 aliphatic heterocycles. The van der Waals surface area contributed by atoms with Crippen molar-refractivity contribution < 1.29 is 12.8 Å². The summed E-state index contributed by atoms with van der Waals surface area (Å²) in [6, 6.07) is 15.9. The highest BCUT2D eigenvalue weighted by molar-refractivity contribution is 7.89. The zero-order valence-corrected chi connectivity index (χ0v) is 20.5. The van der Waals surface area contributed by atoms with E-state index in [9.17, 15) is 12.8 Å². The van der Waals surface area contributed by atoms with Gasteiger partial charge in [0.2, 0.25) is 10.0 Å². The second-order valence-corrected chi connectivity index (χ2v) is 10.6. The average Bonchev–Trinajstić information content (AvgIpc) is 3.18. The summed E-state index contributed by atoms with van der Waals surface area (Å²) in [6.07, 6.45) is 0.450. The summed E-state index contributed by atoms with van der Waals surface area (Å²) in [4.78, 5) is -0.104. The Bertz CT molecular complexity index is 1330. The molecule has 0 amide bonds. The van der Waals surface area contributed by atoms with Gasteiger partial charge in [0, 0.05) is 16.5 Å². The fourth-order valence-electron chi connectivity index (χ4n) is 3.63. The van der Waals surface area contributed by atoms with E-state index in [2.05, 4.69) is 9.82 Å². The maximum absolute atomic E-state index is 13.6. The van der Waals surface area contributed by atoms with Gasteiger partial charge in [0.25, 0.3) is 0 Å². The number of nitrogens with zero attached hydrogens (tertiary/aromatic N) is 2. The lowest BCUT2D eigenvalue weighted by Gasteiger charge is -2.25. The van der Waals surface area contributed by atoms with E-state index in [1.54, 1.807) is 42.3 Å². The van der Waals surface area contributed by atoms with Gasteiger partial charge in [0.15, 0.2) is 0 Å². The minimum Gasteiger partial charge on any atom is -0.256 e. The first kappa shape index (κ1) is 24.0. The van der Waals surface area contributed by atoms with Crippen LogP contribution in [0.5, 0.6) is 0 Å². The van der Waals surface area contributed by atoms with Crippen LogP contribution in [-0.2, 0) is 10.0 Å². The molecule has 0 bridgehead atoms. The third-order valence-electron chi connectivity index (χ3n) is 5.29. The Kier molecular flexibility index (Phi) is 6.98. The summed E-state index contributed by atoms with van der Waals surface area (Å²) in [5.41, 5.74) is 2.62. The Balaban J connectivity index is 1.63.